The number of benzene rings is 1. The van der Waals surface area contributed by atoms with E-state index in [-0.39, 0.29) is 24.5 Å². The number of aliphatic hydroxyl groups excluding tert-OH is 2. The Kier molecular flexibility index (Phi) is 4.94. The third-order valence-electron chi connectivity index (χ3n) is 7.64. The molecule has 0 radical (unpaired) electrons. The fourth-order valence-corrected chi connectivity index (χ4v) is 6.14. The number of carbonyl (C=O) groups excluding carboxylic acids is 3. The van der Waals surface area contributed by atoms with Gasteiger partial charge in [-0.15, -0.1) is 0 Å². The van der Waals surface area contributed by atoms with Crippen molar-refractivity contribution in [2.75, 3.05) is 45.1 Å². The molecular weight excluding hydrogens is 456 g/mol. The van der Waals surface area contributed by atoms with Crippen molar-refractivity contribution in [3.63, 3.8) is 0 Å². The molecular formula is C24H28N4O7. The molecule has 4 aliphatic rings. The minimum Gasteiger partial charge on any atom is -0.508 e. The van der Waals surface area contributed by atoms with Gasteiger partial charge in [-0.25, -0.2) is 0 Å². The summed E-state index contributed by atoms with van der Waals surface area (Å²) in [4.78, 5) is 42.5. The van der Waals surface area contributed by atoms with E-state index < -0.39 is 52.3 Å². The second kappa shape index (κ2) is 7.46. The van der Waals surface area contributed by atoms with E-state index in [0.29, 0.717) is 23.4 Å². The first-order chi connectivity index (χ1) is 16.4. The van der Waals surface area contributed by atoms with E-state index in [1.807, 2.05) is 25.1 Å². The van der Waals surface area contributed by atoms with Gasteiger partial charge in [-0.3, -0.25) is 19.3 Å². The number of hydrogen-bond donors (Lipinski definition) is 5. The molecule has 6 N–H and O–H groups in total. The van der Waals surface area contributed by atoms with E-state index in [4.69, 9.17) is 10.5 Å². The Morgan fingerprint density at radius 1 is 1.23 bits per heavy atom. The van der Waals surface area contributed by atoms with Crippen LogP contribution in [0.25, 0.3) is 5.76 Å². The summed E-state index contributed by atoms with van der Waals surface area (Å²) in [7, 11) is 6.92. The van der Waals surface area contributed by atoms with Gasteiger partial charge in [0, 0.05) is 31.3 Å². The highest BCUT2D eigenvalue weighted by Gasteiger charge is 2.64. The number of nitrogens with zero attached hydrogens (tertiary/aromatic N) is 2. The number of amides is 1. The third-order valence-corrected chi connectivity index (χ3v) is 7.64. The molecule has 11 nitrogen and oxygen atoms in total. The quantitative estimate of drug-likeness (QED) is 0.371. The summed E-state index contributed by atoms with van der Waals surface area (Å²) in [6, 6.07) is 0.842. The SMILES string of the molecule is CN(C)c1cc2c(c3c1C[C@H]1C[C@H]4C(N(C)C)C(=O)C(C(N)=O)=C(O)[C@@]4(O)C(=O)C1=C3O)OCN2. The maximum Gasteiger partial charge on any atom is 0.255 e. The number of ether oxygens (including phenoxy) is 1. The molecule has 1 aliphatic heterocycles. The van der Waals surface area contributed by atoms with Crippen LogP contribution in [-0.4, -0.2) is 84.3 Å². The minimum absolute atomic E-state index is 0.0629. The molecule has 1 saturated carbocycles. The highest BCUT2D eigenvalue weighted by Crippen LogP contribution is 2.55. The summed E-state index contributed by atoms with van der Waals surface area (Å²) in [5.74, 6) is -5.53. The van der Waals surface area contributed by atoms with Crippen LogP contribution < -0.4 is 20.7 Å². The molecule has 4 atom stereocenters. The van der Waals surface area contributed by atoms with E-state index in [1.165, 1.54) is 4.90 Å². The molecule has 0 saturated heterocycles. The number of fused-ring (bicyclic) bond motifs is 5. The first-order valence-electron chi connectivity index (χ1n) is 11.3. The summed E-state index contributed by atoms with van der Waals surface area (Å²) in [5, 5.41) is 37.1. The number of likely N-dealkylation sites (N-methyl/N-ethyl adjacent to an activating group) is 1. The lowest BCUT2D eigenvalue weighted by Crippen LogP contribution is -2.65. The molecule has 0 bridgehead atoms. The van der Waals surface area contributed by atoms with Crippen molar-refractivity contribution in [1.82, 2.24) is 4.90 Å². The normalized spacial score (nSPS) is 29.3. The second-order valence-electron chi connectivity index (χ2n) is 9.95. The Labute approximate surface area is 201 Å². The standard InChI is InChI=1S/C24H28N4O7/c1-27(2)13-7-12-20(35-8-26-12)15-10(13)5-9-6-11-17(28(3)4)19(30)16(23(25)33)22(32)24(11,34)21(31)14(9)18(15)29/h7,9,11,17,26,29,32,34H,5-6,8H2,1-4H3,(H2,25,33)/t9-,11-,17?,24-/m0/s1. The van der Waals surface area contributed by atoms with Crippen LogP contribution in [0.3, 0.4) is 0 Å². The summed E-state index contributed by atoms with van der Waals surface area (Å²) in [6.45, 7) is 0.197. The van der Waals surface area contributed by atoms with Gasteiger partial charge in [0.2, 0.25) is 5.78 Å². The molecule has 3 aliphatic carbocycles. The van der Waals surface area contributed by atoms with Crippen LogP contribution >= 0.6 is 0 Å². The fourth-order valence-electron chi connectivity index (χ4n) is 6.14. The van der Waals surface area contributed by atoms with Gasteiger partial charge >= 0.3 is 0 Å². The average molecular weight is 485 g/mol. The van der Waals surface area contributed by atoms with Crippen molar-refractivity contribution >= 4 is 34.6 Å². The predicted octanol–water partition coefficient (Wildman–Crippen LogP) is 0.0862. The molecule has 1 amide bonds. The van der Waals surface area contributed by atoms with Crippen molar-refractivity contribution in [2.24, 2.45) is 17.6 Å². The first-order valence-corrected chi connectivity index (χ1v) is 11.3. The fraction of sp³-hybridized carbons (Fsp3) is 0.458. The number of nitrogens with one attached hydrogen (secondary N) is 1. The van der Waals surface area contributed by atoms with E-state index in [0.717, 1.165) is 11.3 Å². The van der Waals surface area contributed by atoms with E-state index in [9.17, 15) is 29.7 Å². The number of hydrogen-bond acceptors (Lipinski definition) is 10. The summed E-state index contributed by atoms with van der Waals surface area (Å²) >= 11 is 0. The summed E-state index contributed by atoms with van der Waals surface area (Å²) < 4.78 is 5.71. The molecule has 0 aromatic heterocycles. The van der Waals surface area contributed by atoms with E-state index >= 15 is 0 Å². The Morgan fingerprint density at radius 2 is 1.91 bits per heavy atom. The van der Waals surface area contributed by atoms with Crippen LogP contribution in [0, 0.1) is 11.8 Å². The van der Waals surface area contributed by atoms with Gasteiger partial charge in [0.25, 0.3) is 5.91 Å². The highest BCUT2D eigenvalue weighted by molar-refractivity contribution is 6.24. The van der Waals surface area contributed by atoms with Crippen LogP contribution in [0.15, 0.2) is 23.0 Å². The number of carbonyl (C=O) groups is 3. The molecule has 1 heterocycles. The Bertz CT molecular complexity index is 1260. The third kappa shape index (κ3) is 2.88. The van der Waals surface area contributed by atoms with Gasteiger partial charge in [0.15, 0.2) is 23.9 Å². The molecule has 35 heavy (non-hydrogen) atoms. The molecule has 1 aromatic carbocycles. The molecule has 5 rings (SSSR count). The number of Topliss-reactive ketones (excluding diaryl/α,β-unsaturated/α-hetero) is 2. The summed E-state index contributed by atoms with van der Waals surface area (Å²) in [5.41, 5.74) is 4.53. The number of aliphatic hydroxyl groups is 3. The molecule has 0 spiro atoms. The maximum atomic E-state index is 13.9. The monoisotopic (exact) mass is 484 g/mol. The zero-order chi connectivity index (χ0) is 25.6. The van der Waals surface area contributed by atoms with Crippen molar-refractivity contribution in [1.29, 1.82) is 0 Å². The number of anilines is 2. The molecule has 1 fully saturated rings. The lowest BCUT2D eigenvalue weighted by Gasteiger charge is -2.50. The van der Waals surface area contributed by atoms with Crippen molar-refractivity contribution in [3.05, 3.63) is 34.1 Å². The van der Waals surface area contributed by atoms with Crippen LogP contribution in [0.2, 0.25) is 0 Å². The van der Waals surface area contributed by atoms with Gasteiger partial charge in [-0.05, 0) is 44.5 Å². The minimum atomic E-state index is -2.59. The molecule has 186 valence electrons. The van der Waals surface area contributed by atoms with Crippen molar-refractivity contribution < 1.29 is 34.4 Å². The number of rotatable bonds is 3. The Hall–Kier alpha value is -3.57. The zero-order valence-corrected chi connectivity index (χ0v) is 19.9. The van der Waals surface area contributed by atoms with Crippen molar-refractivity contribution in [2.45, 2.75) is 24.5 Å². The van der Waals surface area contributed by atoms with Crippen molar-refractivity contribution in [3.8, 4) is 5.75 Å². The maximum absolute atomic E-state index is 13.9. The number of ketones is 2. The molecule has 11 heteroatoms. The summed E-state index contributed by atoms with van der Waals surface area (Å²) in [6.07, 6.45) is 0.452. The lowest BCUT2D eigenvalue weighted by molar-refractivity contribution is -0.153. The van der Waals surface area contributed by atoms with Gasteiger partial charge in [-0.1, -0.05) is 0 Å². The van der Waals surface area contributed by atoms with Crippen LogP contribution in [-0.2, 0) is 20.8 Å². The zero-order valence-electron chi connectivity index (χ0n) is 19.9. The Morgan fingerprint density at radius 3 is 2.51 bits per heavy atom. The second-order valence-corrected chi connectivity index (χ2v) is 9.95. The highest BCUT2D eigenvalue weighted by atomic mass is 16.5. The number of nitrogens with two attached hydrogens (primary N) is 1. The number of primary amides is 1. The van der Waals surface area contributed by atoms with Gasteiger partial charge < -0.3 is 36.0 Å². The van der Waals surface area contributed by atoms with Gasteiger partial charge in [0.1, 0.15) is 17.1 Å². The smallest absolute Gasteiger partial charge is 0.255 e. The molecule has 1 unspecified atom stereocenters. The van der Waals surface area contributed by atoms with Gasteiger partial charge in [-0.2, -0.15) is 0 Å². The van der Waals surface area contributed by atoms with Crippen LogP contribution in [0.4, 0.5) is 11.4 Å². The van der Waals surface area contributed by atoms with Crippen LogP contribution in [0.1, 0.15) is 17.5 Å². The first kappa shape index (κ1) is 23.2. The van der Waals surface area contributed by atoms with E-state index in [1.54, 1.807) is 14.1 Å². The van der Waals surface area contributed by atoms with E-state index in [2.05, 4.69) is 5.32 Å². The lowest BCUT2D eigenvalue weighted by atomic mass is 9.57. The van der Waals surface area contributed by atoms with Gasteiger partial charge in [0.05, 0.1) is 17.3 Å². The topological polar surface area (TPSA) is 166 Å². The predicted molar refractivity (Wildman–Crippen MR) is 126 cm³/mol. The largest absolute Gasteiger partial charge is 0.508 e. The Balaban J connectivity index is 1.77. The average Bonchev–Trinajstić information content (AvgIpc) is 3.23. The van der Waals surface area contributed by atoms with Crippen LogP contribution in [0.5, 0.6) is 5.75 Å². The molecule has 1 aromatic rings.